The van der Waals surface area contributed by atoms with Gasteiger partial charge in [0.15, 0.2) is 5.82 Å². The standard InChI is InChI=1S/C21H21ClN6O/c1-12-11-29-8-7-28(12)18-9-17-15(10-23-18)20(14-5-3-4-6-16(14)22)25-19-13(2)26-27-21(19)24-17/h3-6,9-10,12H,7-8,11H2,1-2H3,(H2,24,26,27)/t12-/m0/s1. The Labute approximate surface area is 173 Å². The van der Waals surface area contributed by atoms with E-state index in [0.717, 1.165) is 46.3 Å². The molecule has 0 saturated carbocycles. The molecule has 0 unspecified atom stereocenters. The maximum Gasteiger partial charge on any atom is 0.178 e. The molecule has 4 heterocycles. The van der Waals surface area contributed by atoms with Crippen molar-refractivity contribution in [3.8, 4) is 0 Å². The van der Waals surface area contributed by atoms with Crippen LogP contribution < -0.4 is 10.2 Å². The number of hydrogen-bond donors (Lipinski definition) is 2. The van der Waals surface area contributed by atoms with Crippen LogP contribution in [0.4, 0.5) is 23.0 Å². The van der Waals surface area contributed by atoms with Crippen molar-refractivity contribution in [3.05, 3.63) is 58.4 Å². The molecule has 0 radical (unpaired) electrons. The van der Waals surface area contributed by atoms with Crippen LogP contribution in [-0.2, 0) is 4.74 Å². The van der Waals surface area contributed by atoms with Crippen LogP contribution >= 0.6 is 11.6 Å². The highest BCUT2D eigenvalue weighted by atomic mass is 35.5. The first-order chi connectivity index (χ1) is 14.1. The van der Waals surface area contributed by atoms with Crippen molar-refractivity contribution in [2.24, 2.45) is 4.99 Å². The molecule has 0 amide bonds. The number of pyridine rings is 1. The molecule has 7 nitrogen and oxygen atoms in total. The molecule has 29 heavy (non-hydrogen) atoms. The summed E-state index contributed by atoms with van der Waals surface area (Å²) in [7, 11) is 0. The number of morpholine rings is 1. The third kappa shape index (κ3) is 3.16. The number of hydrogen-bond acceptors (Lipinski definition) is 6. The molecule has 1 aromatic carbocycles. The first-order valence-corrected chi connectivity index (χ1v) is 10.00. The van der Waals surface area contributed by atoms with E-state index in [9.17, 15) is 0 Å². The van der Waals surface area contributed by atoms with Crippen LogP contribution in [0.1, 0.15) is 23.7 Å². The Kier molecular flexibility index (Phi) is 4.49. The van der Waals surface area contributed by atoms with Crippen molar-refractivity contribution >= 4 is 40.3 Å². The van der Waals surface area contributed by atoms with Crippen LogP contribution in [0, 0.1) is 6.92 Å². The number of aryl methyl sites for hydroxylation is 1. The quantitative estimate of drug-likeness (QED) is 0.519. The number of rotatable bonds is 2. The maximum atomic E-state index is 6.52. The van der Waals surface area contributed by atoms with Crippen LogP contribution in [0.15, 0.2) is 41.5 Å². The number of anilines is 3. The summed E-state index contributed by atoms with van der Waals surface area (Å²) < 4.78 is 5.57. The Morgan fingerprint density at radius 1 is 1.24 bits per heavy atom. The number of aliphatic imine (C=N–C) groups is 1. The van der Waals surface area contributed by atoms with E-state index in [1.165, 1.54) is 0 Å². The molecular weight excluding hydrogens is 388 g/mol. The molecule has 0 aliphatic carbocycles. The highest BCUT2D eigenvalue weighted by Gasteiger charge is 2.26. The van der Waals surface area contributed by atoms with Gasteiger partial charge in [-0.25, -0.2) is 9.98 Å². The Morgan fingerprint density at radius 3 is 2.93 bits per heavy atom. The molecule has 2 N–H and O–H groups in total. The Bertz CT molecular complexity index is 1110. The molecule has 0 bridgehead atoms. The second-order valence-electron chi connectivity index (χ2n) is 7.32. The maximum absolute atomic E-state index is 6.52. The minimum absolute atomic E-state index is 0.264. The first-order valence-electron chi connectivity index (χ1n) is 9.62. The number of H-pyrrole nitrogens is 1. The zero-order valence-electron chi connectivity index (χ0n) is 16.2. The molecule has 8 heteroatoms. The summed E-state index contributed by atoms with van der Waals surface area (Å²) in [6.07, 6.45) is 1.87. The van der Waals surface area contributed by atoms with Gasteiger partial charge in [0.2, 0.25) is 0 Å². The fourth-order valence-electron chi connectivity index (χ4n) is 3.77. The number of ether oxygens (including phenoxy) is 1. The van der Waals surface area contributed by atoms with Gasteiger partial charge in [0, 0.05) is 35.0 Å². The summed E-state index contributed by atoms with van der Waals surface area (Å²) in [5.41, 5.74) is 5.09. The van der Waals surface area contributed by atoms with E-state index >= 15 is 0 Å². The monoisotopic (exact) mass is 408 g/mol. The lowest BCUT2D eigenvalue weighted by molar-refractivity contribution is 0.0985. The van der Waals surface area contributed by atoms with Crippen LogP contribution in [-0.4, -0.2) is 46.7 Å². The van der Waals surface area contributed by atoms with Crippen molar-refractivity contribution < 1.29 is 4.74 Å². The van der Waals surface area contributed by atoms with Crippen molar-refractivity contribution in [3.63, 3.8) is 0 Å². The van der Waals surface area contributed by atoms with E-state index in [1.807, 2.05) is 37.4 Å². The van der Waals surface area contributed by atoms with Crippen LogP contribution in [0.25, 0.3) is 0 Å². The summed E-state index contributed by atoms with van der Waals surface area (Å²) in [5.74, 6) is 1.60. The number of aromatic amines is 1. The van der Waals surface area contributed by atoms with Crippen LogP contribution in [0.3, 0.4) is 0 Å². The summed E-state index contributed by atoms with van der Waals surface area (Å²) in [5, 5.41) is 11.5. The van der Waals surface area contributed by atoms with Gasteiger partial charge in [0.05, 0.1) is 36.3 Å². The number of benzene rings is 1. The van der Waals surface area contributed by atoms with Gasteiger partial charge in [-0.3, -0.25) is 5.10 Å². The van der Waals surface area contributed by atoms with Crippen LogP contribution in [0.2, 0.25) is 5.02 Å². The van der Waals surface area contributed by atoms with Crippen molar-refractivity contribution in [1.82, 2.24) is 15.2 Å². The zero-order chi connectivity index (χ0) is 20.0. The minimum Gasteiger partial charge on any atom is -0.377 e. The van der Waals surface area contributed by atoms with Gasteiger partial charge < -0.3 is 15.0 Å². The average molecular weight is 409 g/mol. The lowest BCUT2D eigenvalue weighted by Gasteiger charge is -2.34. The number of aromatic nitrogens is 3. The third-order valence-electron chi connectivity index (χ3n) is 5.33. The topological polar surface area (TPSA) is 78.4 Å². The van der Waals surface area contributed by atoms with Crippen molar-refractivity contribution in [2.75, 3.05) is 30.0 Å². The number of nitrogens with zero attached hydrogens (tertiary/aromatic N) is 4. The van der Waals surface area contributed by atoms with Gasteiger partial charge in [-0.05, 0) is 19.9 Å². The van der Waals surface area contributed by atoms with Gasteiger partial charge in [-0.15, -0.1) is 0 Å². The molecule has 3 aromatic rings. The lowest BCUT2D eigenvalue weighted by atomic mass is 10.0. The number of nitrogens with one attached hydrogen (secondary N) is 2. The molecule has 5 rings (SSSR count). The Hall–Kier alpha value is -2.90. The van der Waals surface area contributed by atoms with E-state index in [0.29, 0.717) is 24.1 Å². The first kappa shape index (κ1) is 18.1. The van der Waals surface area contributed by atoms with E-state index in [4.69, 9.17) is 26.3 Å². The minimum atomic E-state index is 0.264. The fraction of sp³-hybridized carbons (Fsp3) is 0.286. The van der Waals surface area contributed by atoms with Crippen molar-refractivity contribution in [1.29, 1.82) is 0 Å². The smallest absolute Gasteiger partial charge is 0.178 e. The predicted molar refractivity (Wildman–Crippen MR) is 115 cm³/mol. The molecule has 2 aliphatic rings. The highest BCUT2D eigenvalue weighted by molar-refractivity contribution is 6.36. The van der Waals surface area contributed by atoms with E-state index < -0.39 is 0 Å². The van der Waals surface area contributed by atoms with Crippen LogP contribution in [0.5, 0.6) is 0 Å². The van der Waals surface area contributed by atoms with Gasteiger partial charge >= 0.3 is 0 Å². The third-order valence-corrected chi connectivity index (χ3v) is 5.66. The highest BCUT2D eigenvalue weighted by Crippen LogP contribution is 2.38. The van der Waals surface area contributed by atoms with E-state index in [2.05, 4.69) is 33.4 Å². The number of fused-ring (bicyclic) bond motifs is 2. The second kappa shape index (κ2) is 7.17. The fourth-order valence-corrected chi connectivity index (χ4v) is 3.99. The summed E-state index contributed by atoms with van der Waals surface area (Å²) >= 11 is 6.52. The van der Waals surface area contributed by atoms with Crippen molar-refractivity contribution in [2.45, 2.75) is 19.9 Å². The molecule has 1 saturated heterocycles. The zero-order valence-corrected chi connectivity index (χ0v) is 17.0. The van der Waals surface area contributed by atoms with Gasteiger partial charge in [0.25, 0.3) is 0 Å². The lowest BCUT2D eigenvalue weighted by Crippen LogP contribution is -2.44. The molecule has 2 aromatic heterocycles. The average Bonchev–Trinajstić information content (AvgIpc) is 2.97. The largest absolute Gasteiger partial charge is 0.377 e. The van der Waals surface area contributed by atoms with E-state index in [-0.39, 0.29) is 6.04 Å². The van der Waals surface area contributed by atoms with Gasteiger partial charge in [-0.1, -0.05) is 29.8 Å². The normalized spacial score (nSPS) is 18.4. The Balaban J connectivity index is 1.67. The molecule has 2 aliphatic heterocycles. The SMILES string of the molecule is Cc1[nH]nc2c1N=C(c1ccccc1Cl)c1cnc(N3CCOC[C@@H]3C)cc1N2. The second-order valence-corrected chi connectivity index (χ2v) is 7.72. The molecule has 1 fully saturated rings. The molecule has 0 spiro atoms. The van der Waals surface area contributed by atoms with E-state index in [1.54, 1.807) is 0 Å². The van der Waals surface area contributed by atoms with Gasteiger partial charge in [-0.2, -0.15) is 5.10 Å². The Morgan fingerprint density at radius 2 is 2.10 bits per heavy atom. The predicted octanol–water partition coefficient (Wildman–Crippen LogP) is 4.22. The summed E-state index contributed by atoms with van der Waals surface area (Å²) in [6.45, 7) is 6.31. The van der Waals surface area contributed by atoms with Gasteiger partial charge in [0.1, 0.15) is 11.5 Å². The number of halogens is 1. The summed E-state index contributed by atoms with van der Waals surface area (Å²) in [6, 6.07) is 10.0. The molecule has 148 valence electrons. The summed E-state index contributed by atoms with van der Waals surface area (Å²) in [4.78, 5) is 12.0. The molecule has 1 atom stereocenters. The molecular formula is C21H21ClN6O.